The first-order chi connectivity index (χ1) is 6.83. The topological polar surface area (TPSA) is 48.8 Å². The molecular weight excluding hydrogens is 198 g/mol. The maximum Gasteiger partial charge on any atom is 0.0672 e. The third kappa shape index (κ3) is 1.57. The van der Waals surface area contributed by atoms with Crippen LogP contribution in [-0.4, -0.2) is 6.04 Å². The molecule has 4 heteroatoms. The Morgan fingerprint density at radius 1 is 1.43 bits per heavy atom. The van der Waals surface area contributed by atoms with Crippen LogP contribution in [-0.2, 0) is 6.42 Å². The summed E-state index contributed by atoms with van der Waals surface area (Å²) in [7, 11) is 0. The van der Waals surface area contributed by atoms with Crippen molar-refractivity contribution in [3.05, 3.63) is 45.8 Å². The Balaban J connectivity index is 2.35. The first-order valence-corrected chi connectivity index (χ1v) is 5.02. The lowest BCUT2D eigenvalue weighted by Crippen LogP contribution is -2.19. The second-order valence-electron chi connectivity index (χ2n) is 3.41. The van der Waals surface area contributed by atoms with Crippen LogP contribution in [0.2, 0.25) is 0 Å². The highest BCUT2D eigenvalue weighted by Crippen LogP contribution is 2.36. The Morgan fingerprint density at radius 2 is 2.21 bits per heavy atom. The molecule has 1 aliphatic rings. The number of hydrogen-bond donors (Lipinski definition) is 0. The van der Waals surface area contributed by atoms with Crippen LogP contribution in [0.25, 0.3) is 10.4 Å². The van der Waals surface area contributed by atoms with Gasteiger partial charge in [0.25, 0.3) is 0 Å². The zero-order valence-electron chi connectivity index (χ0n) is 7.60. The summed E-state index contributed by atoms with van der Waals surface area (Å²) in [5, 5.41) is 3.54. The SMILES string of the molecule is [N-]=[N+]=NC1CCc2ccccc2C1Cl. The van der Waals surface area contributed by atoms with Gasteiger partial charge in [-0.2, -0.15) is 0 Å². The lowest BCUT2D eigenvalue weighted by atomic mass is 9.88. The molecule has 2 atom stereocenters. The molecule has 0 saturated carbocycles. The molecule has 0 saturated heterocycles. The molecule has 0 aliphatic heterocycles. The van der Waals surface area contributed by atoms with E-state index >= 15 is 0 Å². The molecule has 3 nitrogen and oxygen atoms in total. The highest BCUT2D eigenvalue weighted by atomic mass is 35.5. The Hall–Kier alpha value is -1.18. The van der Waals surface area contributed by atoms with E-state index in [-0.39, 0.29) is 11.4 Å². The summed E-state index contributed by atoms with van der Waals surface area (Å²) >= 11 is 6.23. The number of azide groups is 1. The Kier molecular flexibility index (Phi) is 2.62. The molecule has 72 valence electrons. The molecule has 1 aliphatic carbocycles. The van der Waals surface area contributed by atoms with Crippen LogP contribution in [0.4, 0.5) is 0 Å². The van der Waals surface area contributed by atoms with Gasteiger partial charge in [-0.1, -0.05) is 29.4 Å². The van der Waals surface area contributed by atoms with Crippen molar-refractivity contribution >= 4 is 11.6 Å². The van der Waals surface area contributed by atoms with Crippen molar-refractivity contribution in [3.8, 4) is 0 Å². The first-order valence-electron chi connectivity index (χ1n) is 4.59. The average molecular weight is 208 g/mol. The maximum atomic E-state index is 8.38. The van der Waals surface area contributed by atoms with Crippen LogP contribution < -0.4 is 0 Å². The van der Waals surface area contributed by atoms with E-state index in [1.54, 1.807) is 0 Å². The second kappa shape index (κ2) is 3.91. The summed E-state index contributed by atoms with van der Waals surface area (Å²) in [4.78, 5) is 2.82. The van der Waals surface area contributed by atoms with E-state index in [1.165, 1.54) is 5.56 Å². The standard InChI is InChI=1S/C10H10ClN3/c11-10-8-4-2-1-3-7(8)5-6-9(10)13-14-12/h1-4,9-10H,5-6H2. The average Bonchev–Trinajstić information content (AvgIpc) is 2.23. The summed E-state index contributed by atoms with van der Waals surface area (Å²) in [6.07, 6.45) is 1.79. The van der Waals surface area contributed by atoms with Crippen LogP contribution in [0, 0.1) is 0 Å². The summed E-state index contributed by atoms with van der Waals surface area (Å²) in [5.41, 5.74) is 10.8. The minimum Gasteiger partial charge on any atom is -0.117 e. The third-order valence-electron chi connectivity index (χ3n) is 2.60. The van der Waals surface area contributed by atoms with Crippen molar-refractivity contribution in [1.82, 2.24) is 0 Å². The van der Waals surface area contributed by atoms with Crippen LogP contribution in [0.1, 0.15) is 22.9 Å². The fraction of sp³-hybridized carbons (Fsp3) is 0.400. The lowest BCUT2D eigenvalue weighted by molar-refractivity contribution is 0.558. The van der Waals surface area contributed by atoms with Gasteiger partial charge in [-0.05, 0) is 29.5 Å². The molecule has 2 rings (SSSR count). The van der Waals surface area contributed by atoms with E-state index in [0.29, 0.717) is 0 Å². The quantitative estimate of drug-likeness (QED) is 0.293. The summed E-state index contributed by atoms with van der Waals surface area (Å²) in [6.45, 7) is 0. The predicted molar refractivity (Wildman–Crippen MR) is 56.3 cm³/mol. The van der Waals surface area contributed by atoms with E-state index in [4.69, 9.17) is 17.1 Å². The zero-order valence-corrected chi connectivity index (χ0v) is 8.35. The number of aryl methyl sites for hydroxylation is 1. The van der Waals surface area contributed by atoms with Crippen molar-refractivity contribution in [2.75, 3.05) is 0 Å². The number of nitrogens with zero attached hydrogens (tertiary/aromatic N) is 3. The molecule has 0 fully saturated rings. The highest BCUT2D eigenvalue weighted by Gasteiger charge is 2.26. The van der Waals surface area contributed by atoms with E-state index in [2.05, 4.69) is 16.1 Å². The van der Waals surface area contributed by atoms with Gasteiger partial charge in [-0.25, -0.2) is 0 Å². The highest BCUT2D eigenvalue weighted by molar-refractivity contribution is 6.21. The van der Waals surface area contributed by atoms with E-state index < -0.39 is 0 Å². The molecular formula is C10H10ClN3. The zero-order chi connectivity index (χ0) is 9.97. The minimum absolute atomic E-state index is 0.100. The van der Waals surface area contributed by atoms with Gasteiger partial charge in [-0.3, -0.25) is 0 Å². The molecule has 14 heavy (non-hydrogen) atoms. The minimum atomic E-state index is -0.171. The number of benzene rings is 1. The van der Waals surface area contributed by atoms with E-state index in [9.17, 15) is 0 Å². The number of hydrogen-bond acceptors (Lipinski definition) is 1. The van der Waals surface area contributed by atoms with Crippen molar-refractivity contribution in [2.45, 2.75) is 24.3 Å². The smallest absolute Gasteiger partial charge is 0.0672 e. The molecule has 2 unspecified atom stereocenters. The van der Waals surface area contributed by atoms with Crippen LogP contribution in [0.3, 0.4) is 0 Å². The molecule has 0 heterocycles. The van der Waals surface area contributed by atoms with Crippen molar-refractivity contribution in [2.24, 2.45) is 5.11 Å². The van der Waals surface area contributed by atoms with Gasteiger partial charge < -0.3 is 0 Å². The molecule has 0 aromatic heterocycles. The fourth-order valence-electron chi connectivity index (χ4n) is 1.87. The fourth-order valence-corrected chi connectivity index (χ4v) is 2.26. The van der Waals surface area contributed by atoms with Gasteiger partial charge in [0.1, 0.15) is 0 Å². The van der Waals surface area contributed by atoms with E-state index in [0.717, 1.165) is 18.4 Å². The van der Waals surface area contributed by atoms with Crippen LogP contribution >= 0.6 is 11.6 Å². The van der Waals surface area contributed by atoms with Crippen LogP contribution in [0.5, 0.6) is 0 Å². The number of alkyl halides is 1. The second-order valence-corrected chi connectivity index (χ2v) is 3.88. The largest absolute Gasteiger partial charge is 0.117 e. The molecule has 0 radical (unpaired) electrons. The Bertz CT molecular complexity index is 385. The molecule has 0 N–H and O–H groups in total. The normalized spacial score (nSPS) is 24.9. The predicted octanol–water partition coefficient (Wildman–Crippen LogP) is 3.59. The molecule has 1 aromatic carbocycles. The molecule has 1 aromatic rings. The van der Waals surface area contributed by atoms with Gasteiger partial charge >= 0.3 is 0 Å². The van der Waals surface area contributed by atoms with Gasteiger partial charge in [0, 0.05) is 4.91 Å². The first kappa shape index (κ1) is 9.38. The van der Waals surface area contributed by atoms with Gasteiger partial charge in [0.05, 0.1) is 11.4 Å². The van der Waals surface area contributed by atoms with Crippen molar-refractivity contribution in [1.29, 1.82) is 0 Å². The van der Waals surface area contributed by atoms with E-state index in [1.807, 2.05) is 18.2 Å². The summed E-state index contributed by atoms with van der Waals surface area (Å²) < 4.78 is 0. The Morgan fingerprint density at radius 3 is 3.00 bits per heavy atom. The van der Waals surface area contributed by atoms with Gasteiger partial charge in [0.15, 0.2) is 0 Å². The monoisotopic (exact) mass is 207 g/mol. The number of halogens is 1. The number of fused-ring (bicyclic) bond motifs is 1. The number of rotatable bonds is 1. The molecule has 0 spiro atoms. The van der Waals surface area contributed by atoms with Crippen molar-refractivity contribution < 1.29 is 0 Å². The maximum absolute atomic E-state index is 8.38. The lowest BCUT2D eigenvalue weighted by Gasteiger charge is -2.25. The molecule has 0 bridgehead atoms. The van der Waals surface area contributed by atoms with Crippen LogP contribution in [0.15, 0.2) is 29.4 Å². The van der Waals surface area contributed by atoms with Gasteiger partial charge in [-0.15, -0.1) is 11.6 Å². The summed E-state index contributed by atoms with van der Waals surface area (Å²) in [5.74, 6) is 0. The van der Waals surface area contributed by atoms with Crippen molar-refractivity contribution in [3.63, 3.8) is 0 Å². The third-order valence-corrected chi connectivity index (χ3v) is 3.13. The van der Waals surface area contributed by atoms with Gasteiger partial charge in [0.2, 0.25) is 0 Å². The summed E-state index contributed by atoms with van der Waals surface area (Å²) in [6, 6.07) is 7.96. The Labute approximate surface area is 87.3 Å². The molecule has 0 amide bonds.